The van der Waals surface area contributed by atoms with Crippen LogP contribution in [0.5, 0.6) is 0 Å². The molecule has 0 radical (unpaired) electrons. The fraction of sp³-hybridized carbons (Fsp3) is 0.588. The first-order chi connectivity index (χ1) is 11.6. The van der Waals surface area contributed by atoms with Crippen LogP contribution in [0.1, 0.15) is 31.9 Å². The minimum atomic E-state index is -0.807. The lowest BCUT2D eigenvalue weighted by atomic mass is 9.85. The van der Waals surface area contributed by atoms with Gasteiger partial charge in [-0.05, 0) is 44.4 Å². The van der Waals surface area contributed by atoms with E-state index in [2.05, 4.69) is 15.6 Å². The number of aryl methyl sites for hydroxylation is 1. The number of rotatable bonds is 9. The molecule has 24 heavy (non-hydrogen) atoms. The number of nitrogens with one attached hydrogen (secondary N) is 2. The van der Waals surface area contributed by atoms with Crippen molar-refractivity contribution in [1.29, 1.82) is 0 Å². The molecule has 1 heterocycles. The van der Waals surface area contributed by atoms with E-state index in [1.165, 1.54) is 0 Å². The number of hydrogen-bond acceptors (Lipinski definition) is 4. The van der Waals surface area contributed by atoms with Crippen LogP contribution >= 0.6 is 0 Å². The number of hydrogen-bond donors (Lipinski definition) is 3. The van der Waals surface area contributed by atoms with Crippen LogP contribution < -0.4 is 10.6 Å². The lowest BCUT2D eigenvalue weighted by molar-refractivity contribution is -0.139. The predicted molar refractivity (Wildman–Crippen MR) is 90.8 cm³/mol. The summed E-state index contributed by atoms with van der Waals surface area (Å²) in [7, 11) is 0. The third-order valence-corrected chi connectivity index (χ3v) is 4.33. The summed E-state index contributed by atoms with van der Waals surface area (Å²) in [6, 6.07) is 6.05. The number of carbonyl (C=O) groups is 2. The second-order valence-corrected chi connectivity index (χ2v) is 6.10. The van der Waals surface area contributed by atoms with Gasteiger partial charge in [-0.3, -0.25) is 14.7 Å². The van der Waals surface area contributed by atoms with Crippen LogP contribution in [0, 0.1) is 0 Å². The third kappa shape index (κ3) is 5.81. The number of pyridine rings is 1. The average Bonchev–Trinajstić information content (AvgIpc) is 2.53. The van der Waals surface area contributed by atoms with Gasteiger partial charge in [-0.15, -0.1) is 0 Å². The Kier molecular flexibility index (Phi) is 6.99. The maximum atomic E-state index is 11.8. The minimum absolute atomic E-state index is 0.0631. The fourth-order valence-corrected chi connectivity index (χ4v) is 2.93. The number of aromatic nitrogens is 1. The Morgan fingerprint density at radius 2 is 2.17 bits per heavy atom. The monoisotopic (exact) mass is 334 g/mol. The first-order valence-electron chi connectivity index (χ1n) is 8.48. The van der Waals surface area contributed by atoms with Gasteiger partial charge in [0.15, 0.2) is 0 Å². The Labute approximate surface area is 142 Å². The summed E-state index contributed by atoms with van der Waals surface area (Å²) in [6.45, 7) is 3.34. The lowest BCUT2D eigenvalue weighted by Gasteiger charge is -2.42. The van der Waals surface area contributed by atoms with E-state index in [-0.39, 0.29) is 24.7 Å². The third-order valence-electron chi connectivity index (χ3n) is 4.33. The van der Waals surface area contributed by atoms with Crippen LogP contribution in [0.15, 0.2) is 24.4 Å². The van der Waals surface area contributed by atoms with E-state index in [0.29, 0.717) is 13.1 Å². The summed E-state index contributed by atoms with van der Waals surface area (Å²) in [6.07, 6.45) is 5.07. The highest BCUT2D eigenvalue weighted by atomic mass is 16.4. The van der Waals surface area contributed by atoms with Gasteiger partial charge >= 0.3 is 12.0 Å². The fourth-order valence-electron chi connectivity index (χ4n) is 2.93. The van der Waals surface area contributed by atoms with Gasteiger partial charge < -0.3 is 15.7 Å². The number of aliphatic carboxylic acids is 1. The van der Waals surface area contributed by atoms with Crippen molar-refractivity contribution in [1.82, 2.24) is 20.5 Å². The Morgan fingerprint density at radius 3 is 2.79 bits per heavy atom. The first kappa shape index (κ1) is 18.2. The molecule has 0 spiro atoms. The summed E-state index contributed by atoms with van der Waals surface area (Å²) in [5.74, 6) is -0.807. The van der Waals surface area contributed by atoms with E-state index in [1.807, 2.05) is 30.0 Å². The van der Waals surface area contributed by atoms with E-state index < -0.39 is 5.97 Å². The van der Waals surface area contributed by atoms with E-state index >= 15 is 0 Å². The molecule has 0 saturated heterocycles. The van der Waals surface area contributed by atoms with Gasteiger partial charge in [0.2, 0.25) is 0 Å². The summed E-state index contributed by atoms with van der Waals surface area (Å²) >= 11 is 0. The normalized spacial score (nSPS) is 19.6. The van der Waals surface area contributed by atoms with Crippen molar-refractivity contribution in [2.45, 2.75) is 44.7 Å². The van der Waals surface area contributed by atoms with E-state index in [9.17, 15) is 9.59 Å². The smallest absolute Gasteiger partial charge is 0.317 e. The van der Waals surface area contributed by atoms with Crippen molar-refractivity contribution in [2.24, 2.45) is 0 Å². The highest BCUT2D eigenvalue weighted by Gasteiger charge is 2.34. The van der Waals surface area contributed by atoms with Crippen LogP contribution in [0.2, 0.25) is 0 Å². The highest BCUT2D eigenvalue weighted by Crippen LogP contribution is 2.25. The molecule has 1 aromatic rings. The number of likely N-dealkylation sites (N-methyl/N-ethyl adjacent to an activating group) is 1. The Morgan fingerprint density at radius 1 is 1.38 bits per heavy atom. The molecular weight excluding hydrogens is 308 g/mol. The maximum Gasteiger partial charge on any atom is 0.317 e. The number of carboxylic acid groups (broad SMARTS) is 1. The number of amides is 2. The van der Waals surface area contributed by atoms with Crippen molar-refractivity contribution < 1.29 is 14.7 Å². The van der Waals surface area contributed by atoms with Gasteiger partial charge in [-0.25, -0.2) is 4.79 Å². The largest absolute Gasteiger partial charge is 0.480 e. The standard InChI is InChI=1S/C17H26N4O3/c1-2-21(12-16(22)23)15-10-14(11-15)20-17(24)19-9-5-7-13-6-3-4-8-18-13/h3-4,6,8,14-15H,2,5,7,9-12H2,1H3,(H,22,23)(H2,19,20,24). The van der Waals surface area contributed by atoms with Crippen molar-refractivity contribution in [2.75, 3.05) is 19.6 Å². The summed E-state index contributed by atoms with van der Waals surface area (Å²) in [4.78, 5) is 28.8. The molecule has 0 aromatic carbocycles. The maximum absolute atomic E-state index is 11.8. The first-order valence-corrected chi connectivity index (χ1v) is 8.48. The molecule has 3 N–H and O–H groups in total. The van der Waals surface area contributed by atoms with Gasteiger partial charge in [0.1, 0.15) is 0 Å². The van der Waals surface area contributed by atoms with E-state index in [0.717, 1.165) is 31.4 Å². The Bertz CT molecular complexity index is 532. The quantitative estimate of drug-likeness (QED) is 0.591. The zero-order valence-corrected chi connectivity index (χ0v) is 14.1. The second-order valence-electron chi connectivity index (χ2n) is 6.10. The number of carbonyl (C=O) groups excluding carboxylic acids is 1. The summed E-state index contributed by atoms with van der Waals surface area (Å²) in [5.41, 5.74) is 1.03. The molecule has 0 atom stereocenters. The number of urea groups is 1. The molecule has 1 saturated carbocycles. The second kappa shape index (κ2) is 9.22. The molecule has 1 aromatic heterocycles. The zero-order valence-electron chi connectivity index (χ0n) is 14.1. The minimum Gasteiger partial charge on any atom is -0.480 e. The van der Waals surface area contributed by atoms with Gasteiger partial charge in [-0.2, -0.15) is 0 Å². The molecule has 2 amide bonds. The number of carboxylic acids is 1. The summed E-state index contributed by atoms with van der Waals surface area (Å²) < 4.78 is 0. The molecule has 7 nitrogen and oxygen atoms in total. The Hall–Kier alpha value is -2.15. The molecule has 0 aliphatic heterocycles. The van der Waals surface area contributed by atoms with Crippen LogP contribution in [-0.4, -0.2) is 58.7 Å². The van der Waals surface area contributed by atoms with Gasteiger partial charge in [0.05, 0.1) is 6.54 Å². The molecule has 7 heteroatoms. The van der Waals surface area contributed by atoms with Crippen LogP contribution in [0.25, 0.3) is 0 Å². The molecule has 1 aliphatic rings. The van der Waals surface area contributed by atoms with Gasteiger partial charge in [-0.1, -0.05) is 13.0 Å². The van der Waals surface area contributed by atoms with Crippen LogP contribution in [-0.2, 0) is 11.2 Å². The topological polar surface area (TPSA) is 94.6 Å². The van der Waals surface area contributed by atoms with Crippen LogP contribution in [0.3, 0.4) is 0 Å². The average molecular weight is 334 g/mol. The molecule has 1 fully saturated rings. The molecule has 2 rings (SSSR count). The van der Waals surface area contributed by atoms with Crippen molar-refractivity contribution in [3.05, 3.63) is 30.1 Å². The Balaban J connectivity index is 1.56. The lowest BCUT2D eigenvalue weighted by Crippen LogP contribution is -2.56. The van der Waals surface area contributed by atoms with Gasteiger partial charge in [0.25, 0.3) is 0 Å². The molecule has 0 bridgehead atoms. The molecule has 132 valence electrons. The summed E-state index contributed by atoms with van der Waals surface area (Å²) in [5, 5.41) is 14.7. The molecule has 1 aliphatic carbocycles. The molecular formula is C17H26N4O3. The van der Waals surface area contributed by atoms with E-state index in [4.69, 9.17) is 5.11 Å². The highest BCUT2D eigenvalue weighted by molar-refractivity contribution is 5.74. The van der Waals surface area contributed by atoms with Crippen molar-refractivity contribution >= 4 is 12.0 Å². The van der Waals surface area contributed by atoms with E-state index in [1.54, 1.807) is 6.20 Å². The van der Waals surface area contributed by atoms with Crippen molar-refractivity contribution in [3.8, 4) is 0 Å². The SMILES string of the molecule is CCN(CC(=O)O)C1CC(NC(=O)NCCCc2ccccn2)C1. The predicted octanol–water partition coefficient (Wildman–Crippen LogP) is 1.25. The van der Waals surface area contributed by atoms with Crippen LogP contribution in [0.4, 0.5) is 4.79 Å². The number of nitrogens with zero attached hydrogens (tertiary/aromatic N) is 2. The van der Waals surface area contributed by atoms with Gasteiger partial charge in [0, 0.05) is 30.5 Å². The van der Waals surface area contributed by atoms with Crippen molar-refractivity contribution in [3.63, 3.8) is 0 Å². The zero-order chi connectivity index (χ0) is 17.4. The molecule has 0 unspecified atom stereocenters.